The van der Waals surface area contributed by atoms with Gasteiger partial charge in [-0.25, -0.2) is 5.43 Å². The van der Waals surface area contributed by atoms with E-state index in [9.17, 15) is 24.0 Å². The lowest BCUT2D eigenvalue weighted by atomic mass is 9.84. The van der Waals surface area contributed by atoms with E-state index in [1.807, 2.05) is 51.0 Å². The molecule has 68 heavy (non-hydrogen) atoms. The second-order valence-corrected chi connectivity index (χ2v) is 20.0. The normalized spacial score (nSPS) is 20.1. The number of methoxy groups -OCH3 is 1. The second kappa shape index (κ2) is 21.5. The number of nitrogens with zero attached hydrogens (tertiary/aromatic N) is 5. The van der Waals surface area contributed by atoms with Gasteiger partial charge >= 0.3 is 5.97 Å². The van der Waals surface area contributed by atoms with Gasteiger partial charge in [0.2, 0.25) is 11.8 Å². The first-order valence-electron chi connectivity index (χ1n) is 24.1. The zero-order valence-electron chi connectivity index (χ0n) is 41.3. The fourth-order valence-corrected chi connectivity index (χ4v) is 10.1. The van der Waals surface area contributed by atoms with Crippen molar-refractivity contribution < 1.29 is 33.4 Å². The Balaban J connectivity index is 1.24. The van der Waals surface area contributed by atoms with Crippen molar-refractivity contribution in [2.45, 2.75) is 98.0 Å². The molecule has 4 atom stereocenters. The van der Waals surface area contributed by atoms with Crippen molar-refractivity contribution in [1.29, 1.82) is 0 Å². The minimum absolute atomic E-state index is 0.150. The van der Waals surface area contributed by atoms with Gasteiger partial charge in [0.25, 0.3) is 11.8 Å². The van der Waals surface area contributed by atoms with Gasteiger partial charge in [0, 0.05) is 68.6 Å². The number of ether oxygens (including phenoxy) is 2. The third-order valence-corrected chi connectivity index (χ3v) is 13.4. The SMILES string of the molecule is CCn1c(-c2ccccc2COC)c2c3cc(ccc31)-c1cccc(c1)C[C@H](NC(=O)[C@H](C(C)C)N(C)C(=O)[C@H]1CCN(C(=O)C#CCN(C)C)C1)C(=O)N1CCC[C@H](N1)C(=O)OCC(C)(C)C2. The van der Waals surface area contributed by atoms with Crippen molar-refractivity contribution in [3.8, 4) is 34.2 Å². The van der Waals surface area contributed by atoms with Crippen LogP contribution in [-0.2, 0) is 59.4 Å². The predicted molar refractivity (Wildman–Crippen MR) is 264 cm³/mol. The topological polar surface area (TPSA) is 146 Å². The zero-order chi connectivity index (χ0) is 48.9. The summed E-state index contributed by atoms with van der Waals surface area (Å²) in [4.78, 5) is 75.1. The van der Waals surface area contributed by atoms with Crippen LogP contribution in [0.4, 0.5) is 0 Å². The highest BCUT2D eigenvalue weighted by Gasteiger charge is 2.40. The number of hydrogen-bond acceptors (Lipinski definition) is 9. The summed E-state index contributed by atoms with van der Waals surface area (Å²) < 4.78 is 14.2. The number of benzene rings is 3. The van der Waals surface area contributed by atoms with Crippen LogP contribution in [0.25, 0.3) is 33.3 Å². The molecule has 2 N–H and O–H groups in total. The van der Waals surface area contributed by atoms with Gasteiger partial charge in [0.1, 0.15) is 18.1 Å². The molecule has 0 spiro atoms. The van der Waals surface area contributed by atoms with Gasteiger partial charge in [0.05, 0.1) is 31.4 Å². The van der Waals surface area contributed by atoms with Crippen LogP contribution in [0.2, 0.25) is 0 Å². The smallest absolute Gasteiger partial charge is 0.324 e. The number of hydrazine groups is 1. The number of esters is 1. The molecule has 3 aliphatic rings. The van der Waals surface area contributed by atoms with Crippen LogP contribution in [0.5, 0.6) is 0 Å². The van der Waals surface area contributed by atoms with Crippen LogP contribution >= 0.6 is 0 Å². The molecule has 4 aromatic rings. The lowest BCUT2D eigenvalue weighted by Gasteiger charge is -2.37. The number of hydrogen-bond donors (Lipinski definition) is 2. The number of amides is 4. The Kier molecular flexibility index (Phi) is 15.8. The van der Waals surface area contributed by atoms with Gasteiger partial charge in [-0.2, -0.15) is 0 Å². The molecule has 2 fully saturated rings. The standard InChI is InChI=1S/C54H69N7O7/c1-10-60-46-23-22-38-30-42(46)43(49(60)41-19-12-11-17-40(41)33-67-9)31-54(4,5)34-68-53(66)44-20-14-26-61(56-44)52(65)45(29-36-16-13-18-37(38)28-36)55-50(63)48(35(2)3)58(8)51(64)39-24-27-59(32-39)47(62)21-15-25-57(6)7/h11-13,16-19,22-23,28,30,35,39,44-45,48,56H,10,14,20,24-27,29,31-34H2,1-9H3,(H,55,63)/t39-,44-,45-,48-/m0/s1. The van der Waals surface area contributed by atoms with Crippen molar-refractivity contribution >= 4 is 40.5 Å². The van der Waals surface area contributed by atoms with E-state index in [4.69, 9.17) is 9.47 Å². The lowest BCUT2D eigenvalue weighted by molar-refractivity contribution is -0.155. The number of aromatic nitrogens is 1. The summed E-state index contributed by atoms with van der Waals surface area (Å²) in [6, 6.07) is 20.2. The lowest BCUT2D eigenvalue weighted by Crippen LogP contribution is -2.62. The number of aryl methyl sites for hydroxylation is 1. The largest absolute Gasteiger partial charge is 0.464 e. The molecule has 0 saturated carbocycles. The van der Waals surface area contributed by atoms with E-state index in [2.05, 4.69) is 96.5 Å². The molecular weight excluding hydrogens is 859 g/mol. The number of carbonyl (C=O) groups is 5. The summed E-state index contributed by atoms with van der Waals surface area (Å²) >= 11 is 0. The number of nitrogens with one attached hydrogen (secondary N) is 2. The molecule has 4 heterocycles. The van der Waals surface area contributed by atoms with Gasteiger partial charge in [-0.1, -0.05) is 88.2 Å². The van der Waals surface area contributed by atoms with Crippen molar-refractivity contribution in [2.24, 2.45) is 17.3 Å². The maximum Gasteiger partial charge on any atom is 0.324 e. The quantitative estimate of drug-likeness (QED) is 0.152. The van der Waals surface area contributed by atoms with E-state index in [0.29, 0.717) is 51.9 Å². The van der Waals surface area contributed by atoms with E-state index in [1.54, 1.807) is 19.1 Å². The molecule has 362 valence electrons. The van der Waals surface area contributed by atoms with Gasteiger partial charge < -0.3 is 29.2 Å². The molecule has 14 nitrogen and oxygen atoms in total. The number of likely N-dealkylation sites (N-methyl/N-ethyl adjacent to an activating group) is 1. The predicted octanol–water partition coefficient (Wildman–Crippen LogP) is 5.69. The van der Waals surface area contributed by atoms with E-state index in [-0.39, 0.29) is 37.3 Å². The average Bonchev–Trinajstić information content (AvgIpc) is 3.93. The highest BCUT2D eigenvalue weighted by molar-refractivity contribution is 5.97. The average molecular weight is 928 g/mol. The van der Waals surface area contributed by atoms with Crippen LogP contribution in [-0.4, -0.2) is 133 Å². The second-order valence-electron chi connectivity index (χ2n) is 20.0. The summed E-state index contributed by atoms with van der Waals surface area (Å²) in [7, 11) is 7.08. The first-order valence-corrected chi connectivity index (χ1v) is 24.1. The highest BCUT2D eigenvalue weighted by atomic mass is 16.5. The fraction of sp³-hybridized carbons (Fsp3) is 0.500. The van der Waals surface area contributed by atoms with Crippen LogP contribution < -0.4 is 10.7 Å². The Morgan fingerprint density at radius 3 is 2.49 bits per heavy atom. The van der Waals surface area contributed by atoms with Crippen molar-refractivity contribution in [1.82, 2.24) is 35.0 Å². The first kappa shape index (κ1) is 49.9. The van der Waals surface area contributed by atoms with Crippen molar-refractivity contribution in [2.75, 3.05) is 61.0 Å². The molecule has 1 aromatic heterocycles. The van der Waals surface area contributed by atoms with Gasteiger partial charge in [-0.05, 0) is 98.5 Å². The number of cyclic esters (lactones) is 1. The highest BCUT2D eigenvalue weighted by Crippen LogP contribution is 2.41. The Morgan fingerprint density at radius 2 is 1.75 bits per heavy atom. The third kappa shape index (κ3) is 11.1. The number of rotatable bonds is 10. The monoisotopic (exact) mass is 928 g/mol. The molecule has 4 amide bonds. The molecule has 14 heteroatoms. The summed E-state index contributed by atoms with van der Waals surface area (Å²) in [5.41, 5.74) is 11.0. The van der Waals surface area contributed by atoms with Gasteiger partial charge in [-0.3, -0.25) is 33.9 Å². The minimum Gasteiger partial charge on any atom is -0.464 e. The summed E-state index contributed by atoms with van der Waals surface area (Å²) in [6.07, 6.45) is 2.25. The third-order valence-electron chi connectivity index (χ3n) is 13.4. The zero-order valence-corrected chi connectivity index (χ0v) is 41.3. The van der Waals surface area contributed by atoms with Gasteiger partial charge in [0.15, 0.2) is 0 Å². The molecule has 2 saturated heterocycles. The molecule has 0 aliphatic carbocycles. The van der Waals surface area contributed by atoms with Gasteiger partial charge in [-0.15, -0.1) is 0 Å². The molecule has 0 unspecified atom stereocenters. The molecule has 7 rings (SSSR count). The number of fused-ring (bicyclic) bond motifs is 6. The molecule has 0 radical (unpaired) electrons. The van der Waals surface area contributed by atoms with E-state index >= 15 is 0 Å². The number of likely N-dealkylation sites (tertiary alicyclic amines) is 1. The summed E-state index contributed by atoms with van der Waals surface area (Å²) in [5, 5.41) is 5.62. The van der Waals surface area contributed by atoms with E-state index in [1.165, 1.54) is 9.91 Å². The molecular formula is C54H69N7O7. The van der Waals surface area contributed by atoms with Crippen LogP contribution in [0.1, 0.15) is 70.6 Å². The van der Waals surface area contributed by atoms with E-state index in [0.717, 1.165) is 56.5 Å². The van der Waals surface area contributed by atoms with Crippen LogP contribution in [0.15, 0.2) is 66.7 Å². The first-order chi connectivity index (χ1) is 32.5. The molecule has 3 aliphatic heterocycles. The Bertz CT molecular complexity index is 2590. The fourth-order valence-electron chi connectivity index (χ4n) is 10.1. The summed E-state index contributed by atoms with van der Waals surface area (Å²) in [5.74, 6) is 2.86. The molecule has 3 aromatic carbocycles. The minimum atomic E-state index is -1.05. The van der Waals surface area contributed by atoms with Crippen LogP contribution in [0.3, 0.4) is 0 Å². The van der Waals surface area contributed by atoms with Crippen molar-refractivity contribution in [3.05, 3.63) is 83.4 Å². The maximum absolute atomic E-state index is 14.7. The number of carbonyl (C=O) groups excluding carboxylic acids is 5. The molecule has 6 bridgehead atoms. The van der Waals surface area contributed by atoms with Crippen LogP contribution in [0, 0.1) is 29.1 Å². The van der Waals surface area contributed by atoms with E-state index < -0.39 is 47.2 Å². The Morgan fingerprint density at radius 1 is 0.985 bits per heavy atom. The Labute approximate surface area is 401 Å². The summed E-state index contributed by atoms with van der Waals surface area (Å²) in [6.45, 7) is 12.9. The maximum atomic E-state index is 14.7. The van der Waals surface area contributed by atoms with Crippen molar-refractivity contribution in [3.63, 3.8) is 0 Å². The Hall–Kier alpha value is -6.01.